The number of benzene rings is 2. The van der Waals surface area contributed by atoms with E-state index in [1.165, 1.54) is 12.1 Å². The molecular formula is C16H16BrClFNO. The van der Waals surface area contributed by atoms with Crippen LogP contribution >= 0.6 is 27.5 Å². The zero-order valence-corrected chi connectivity index (χ0v) is 14.0. The molecule has 1 N–H and O–H groups in total. The fourth-order valence-corrected chi connectivity index (χ4v) is 2.36. The minimum absolute atomic E-state index is 0.281. The molecule has 0 amide bonds. The van der Waals surface area contributed by atoms with Gasteiger partial charge in [0, 0.05) is 16.6 Å². The van der Waals surface area contributed by atoms with Gasteiger partial charge >= 0.3 is 0 Å². The van der Waals surface area contributed by atoms with E-state index in [0.717, 1.165) is 23.0 Å². The lowest BCUT2D eigenvalue weighted by Crippen LogP contribution is -2.14. The van der Waals surface area contributed by atoms with Crippen LogP contribution in [-0.4, -0.2) is 6.54 Å². The lowest BCUT2D eigenvalue weighted by atomic mass is 10.2. The quantitative estimate of drug-likeness (QED) is 0.673. The van der Waals surface area contributed by atoms with Crippen molar-refractivity contribution in [3.05, 3.63) is 57.3 Å². The monoisotopic (exact) mass is 371 g/mol. The molecule has 0 saturated heterocycles. The first kappa shape index (κ1) is 16.3. The highest BCUT2D eigenvalue weighted by Crippen LogP contribution is 2.33. The van der Waals surface area contributed by atoms with Crippen molar-refractivity contribution in [3.63, 3.8) is 0 Å². The summed E-state index contributed by atoms with van der Waals surface area (Å²) in [6.07, 6.45) is 1.02. The maximum absolute atomic E-state index is 13.4. The van der Waals surface area contributed by atoms with Crippen molar-refractivity contribution in [2.75, 3.05) is 6.54 Å². The second kappa shape index (κ2) is 7.78. The molecule has 0 heterocycles. The van der Waals surface area contributed by atoms with E-state index in [1.54, 1.807) is 18.2 Å². The molecule has 0 radical (unpaired) electrons. The summed E-state index contributed by atoms with van der Waals surface area (Å²) in [6.45, 7) is 3.50. The van der Waals surface area contributed by atoms with Gasteiger partial charge in [-0.3, -0.25) is 0 Å². The number of hydrogen-bond donors (Lipinski definition) is 1. The SMILES string of the molecule is CCCNCc1cc(F)ccc1Oc1cc(Br)ccc1Cl. The van der Waals surface area contributed by atoms with E-state index in [0.29, 0.717) is 23.1 Å². The number of hydrogen-bond acceptors (Lipinski definition) is 2. The van der Waals surface area contributed by atoms with E-state index in [4.69, 9.17) is 16.3 Å². The van der Waals surface area contributed by atoms with Crippen molar-refractivity contribution in [1.29, 1.82) is 0 Å². The Morgan fingerprint density at radius 1 is 1.19 bits per heavy atom. The molecular weight excluding hydrogens is 357 g/mol. The summed E-state index contributed by atoms with van der Waals surface area (Å²) in [7, 11) is 0. The Morgan fingerprint density at radius 3 is 2.76 bits per heavy atom. The molecule has 2 rings (SSSR count). The Bertz CT molecular complexity index is 621. The Hall–Kier alpha value is -1.10. The van der Waals surface area contributed by atoms with Crippen LogP contribution in [0, 0.1) is 5.82 Å². The molecule has 0 aromatic heterocycles. The van der Waals surface area contributed by atoms with Crippen LogP contribution < -0.4 is 10.1 Å². The van der Waals surface area contributed by atoms with E-state index >= 15 is 0 Å². The maximum Gasteiger partial charge on any atom is 0.147 e. The van der Waals surface area contributed by atoms with Crippen LogP contribution in [0.3, 0.4) is 0 Å². The first-order chi connectivity index (χ1) is 10.1. The lowest BCUT2D eigenvalue weighted by molar-refractivity contribution is 0.470. The van der Waals surface area contributed by atoms with E-state index < -0.39 is 0 Å². The predicted octanol–water partition coefficient (Wildman–Crippen LogP) is 5.53. The summed E-state index contributed by atoms with van der Waals surface area (Å²) in [5, 5.41) is 3.75. The summed E-state index contributed by atoms with van der Waals surface area (Å²) < 4.78 is 20.1. The molecule has 0 aliphatic carbocycles. The van der Waals surface area contributed by atoms with Crippen LogP contribution in [0.1, 0.15) is 18.9 Å². The maximum atomic E-state index is 13.4. The highest BCUT2D eigenvalue weighted by atomic mass is 79.9. The molecule has 21 heavy (non-hydrogen) atoms. The fraction of sp³-hybridized carbons (Fsp3) is 0.250. The Labute approximate surface area is 137 Å². The minimum Gasteiger partial charge on any atom is -0.455 e. The molecule has 2 aromatic rings. The molecule has 0 aliphatic heterocycles. The third-order valence-corrected chi connectivity index (χ3v) is 3.68. The van der Waals surface area contributed by atoms with Crippen molar-refractivity contribution < 1.29 is 9.13 Å². The first-order valence-corrected chi connectivity index (χ1v) is 7.89. The standard InChI is InChI=1S/C16H16BrClFNO/c1-2-7-20-10-11-8-13(19)4-6-15(11)21-16-9-12(17)3-5-14(16)18/h3-6,8-9,20H,2,7,10H2,1H3. The van der Waals surface area contributed by atoms with Gasteiger partial charge in [0.15, 0.2) is 0 Å². The van der Waals surface area contributed by atoms with Gasteiger partial charge in [0.25, 0.3) is 0 Å². The van der Waals surface area contributed by atoms with Crippen LogP contribution in [0.25, 0.3) is 0 Å². The molecule has 2 nitrogen and oxygen atoms in total. The highest BCUT2D eigenvalue weighted by molar-refractivity contribution is 9.10. The largest absolute Gasteiger partial charge is 0.455 e. The molecule has 0 aliphatic rings. The van der Waals surface area contributed by atoms with E-state index in [2.05, 4.69) is 28.2 Å². The van der Waals surface area contributed by atoms with Crippen LogP contribution in [-0.2, 0) is 6.54 Å². The molecule has 112 valence electrons. The van der Waals surface area contributed by atoms with E-state index in [-0.39, 0.29) is 5.82 Å². The Balaban J connectivity index is 2.24. The first-order valence-electron chi connectivity index (χ1n) is 6.72. The number of halogens is 3. The van der Waals surface area contributed by atoms with Crippen molar-refractivity contribution in [3.8, 4) is 11.5 Å². The van der Waals surface area contributed by atoms with E-state index in [9.17, 15) is 4.39 Å². The smallest absolute Gasteiger partial charge is 0.147 e. The molecule has 0 bridgehead atoms. The molecule has 2 aromatic carbocycles. The average molecular weight is 373 g/mol. The van der Waals surface area contributed by atoms with Crippen LogP contribution in [0.5, 0.6) is 11.5 Å². The molecule has 5 heteroatoms. The van der Waals surface area contributed by atoms with Gasteiger partial charge in [-0.25, -0.2) is 4.39 Å². The third-order valence-electron chi connectivity index (χ3n) is 2.88. The third kappa shape index (κ3) is 4.70. The molecule has 0 atom stereocenters. The van der Waals surface area contributed by atoms with Crippen molar-refractivity contribution in [2.45, 2.75) is 19.9 Å². The van der Waals surface area contributed by atoms with Gasteiger partial charge in [-0.15, -0.1) is 0 Å². The van der Waals surface area contributed by atoms with Gasteiger partial charge in [0.1, 0.15) is 17.3 Å². The van der Waals surface area contributed by atoms with Crippen molar-refractivity contribution in [1.82, 2.24) is 5.32 Å². The van der Waals surface area contributed by atoms with Gasteiger partial charge in [0.2, 0.25) is 0 Å². The Kier molecular flexibility index (Phi) is 6.03. The molecule has 0 saturated carbocycles. The summed E-state index contributed by atoms with van der Waals surface area (Å²) in [4.78, 5) is 0. The van der Waals surface area contributed by atoms with Gasteiger partial charge in [-0.2, -0.15) is 0 Å². The van der Waals surface area contributed by atoms with Gasteiger partial charge in [0.05, 0.1) is 5.02 Å². The van der Waals surface area contributed by atoms with Crippen molar-refractivity contribution in [2.24, 2.45) is 0 Å². The van der Waals surface area contributed by atoms with Gasteiger partial charge in [-0.1, -0.05) is 34.5 Å². The second-order valence-corrected chi connectivity index (χ2v) is 5.93. The van der Waals surface area contributed by atoms with Crippen LogP contribution in [0.4, 0.5) is 4.39 Å². The van der Waals surface area contributed by atoms with E-state index in [1.807, 2.05) is 6.07 Å². The molecule has 0 spiro atoms. The molecule has 0 unspecified atom stereocenters. The number of rotatable bonds is 6. The van der Waals surface area contributed by atoms with Crippen LogP contribution in [0.15, 0.2) is 40.9 Å². The average Bonchev–Trinajstić information content (AvgIpc) is 2.46. The second-order valence-electron chi connectivity index (χ2n) is 4.61. The topological polar surface area (TPSA) is 21.3 Å². The normalized spacial score (nSPS) is 10.7. The minimum atomic E-state index is -0.281. The summed E-state index contributed by atoms with van der Waals surface area (Å²) in [5.41, 5.74) is 0.763. The summed E-state index contributed by atoms with van der Waals surface area (Å²) >= 11 is 9.50. The van der Waals surface area contributed by atoms with Crippen LogP contribution in [0.2, 0.25) is 5.02 Å². The Morgan fingerprint density at radius 2 is 2.00 bits per heavy atom. The zero-order chi connectivity index (χ0) is 15.2. The fourth-order valence-electron chi connectivity index (χ4n) is 1.86. The van der Waals surface area contributed by atoms with Gasteiger partial charge < -0.3 is 10.1 Å². The highest BCUT2D eigenvalue weighted by Gasteiger charge is 2.09. The predicted molar refractivity (Wildman–Crippen MR) is 87.6 cm³/mol. The lowest BCUT2D eigenvalue weighted by Gasteiger charge is -2.13. The number of ether oxygens (including phenoxy) is 1. The zero-order valence-electron chi connectivity index (χ0n) is 11.6. The summed E-state index contributed by atoms with van der Waals surface area (Å²) in [6, 6.07) is 9.85. The molecule has 0 fully saturated rings. The summed E-state index contributed by atoms with van der Waals surface area (Å²) in [5.74, 6) is 0.852. The van der Waals surface area contributed by atoms with Crippen molar-refractivity contribution >= 4 is 27.5 Å². The number of nitrogens with one attached hydrogen (secondary N) is 1. The van der Waals surface area contributed by atoms with Gasteiger partial charge in [-0.05, 0) is 49.4 Å².